The van der Waals surface area contributed by atoms with E-state index in [2.05, 4.69) is 23.9 Å². The van der Waals surface area contributed by atoms with Gasteiger partial charge in [-0.2, -0.15) is 0 Å². The normalized spacial score (nSPS) is 16.5. The van der Waals surface area contributed by atoms with Gasteiger partial charge in [-0.25, -0.2) is 18.2 Å². The predicted octanol–water partition coefficient (Wildman–Crippen LogP) is 6.88. The number of thioether (sulfide) groups is 1. The highest BCUT2D eigenvalue weighted by molar-refractivity contribution is 7.98. The van der Waals surface area contributed by atoms with Crippen LogP contribution in [0, 0.1) is 17.5 Å². The summed E-state index contributed by atoms with van der Waals surface area (Å²) >= 11 is 1.18. The van der Waals surface area contributed by atoms with Gasteiger partial charge in [0.15, 0.2) is 16.7 Å². The number of aromatic nitrogens is 2. The fourth-order valence-electron chi connectivity index (χ4n) is 5.83. The fourth-order valence-corrected chi connectivity index (χ4v) is 6.83. The van der Waals surface area contributed by atoms with Crippen molar-refractivity contribution in [2.75, 3.05) is 72.7 Å². The summed E-state index contributed by atoms with van der Waals surface area (Å²) in [5.41, 5.74) is 1.35. The number of hydrogen-bond acceptors (Lipinski definition) is 7. The number of hydrogen-bond donors (Lipinski definition) is 0. The Morgan fingerprint density at radius 2 is 1.70 bits per heavy atom. The molecule has 1 aliphatic heterocycles. The summed E-state index contributed by atoms with van der Waals surface area (Å²) in [6, 6.07) is 14.0. The van der Waals surface area contributed by atoms with Gasteiger partial charge in [-0.05, 0) is 50.4 Å². The molecular formula is C34H41F3N5O3S+. The maximum atomic E-state index is 15.2. The van der Waals surface area contributed by atoms with Gasteiger partial charge in [-0.1, -0.05) is 11.8 Å². The third kappa shape index (κ3) is 7.40. The third-order valence-electron chi connectivity index (χ3n) is 8.57. The first kappa shape index (κ1) is 33.5. The average Bonchev–Trinajstić information content (AvgIpc) is 3.66. The van der Waals surface area contributed by atoms with E-state index >= 15 is 8.78 Å². The molecule has 1 unspecified atom stereocenters. The van der Waals surface area contributed by atoms with Crippen LogP contribution in [-0.4, -0.2) is 86.7 Å². The smallest absolute Gasteiger partial charge is 0.174 e. The molecule has 1 fully saturated rings. The molecule has 3 aromatic carbocycles. The summed E-state index contributed by atoms with van der Waals surface area (Å²) in [5, 5.41) is 0.480. The maximum absolute atomic E-state index is 15.2. The summed E-state index contributed by atoms with van der Waals surface area (Å²) in [7, 11) is 7.12. The Balaban J connectivity index is 1.32. The van der Waals surface area contributed by atoms with Crippen molar-refractivity contribution in [3.8, 4) is 22.9 Å². The van der Waals surface area contributed by atoms with E-state index in [0.29, 0.717) is 34.8 Å². The van der Waals surface area contributed by atoms with Gasteiger partial charge < -0.3 is 23.6 Å². The van der Waals surface area contributed by atoms with Crippen LogP contribution in [0.5, 0.6) is 17.2 Å². The molecule has 4 aromatic rings. The number of benzene rings is 3. The minimum absolute atomic E-state index is 0.0142. The van der Waals surface area contributed by atoms with Crippen LogP contribution in [0.25, 0.3) is 5.69 Å². The second-order valence-electron chi connectivity index (χ2n) is 11.5. The van der Waals surface area contributed by atoms with Crippen LogP contribution >= 0.6 is 11.8 Å². The van der Waals surface area contributed by atoms with Gasteiger partial charge in [0.1, 0.15) is 35.7 Å². The van der Waals surface area contributed by atoms with Crippen LogP contribution in [0.4, 0.5) is 24.7 Å². The Kier molecular flexibility index (Phi) is 10.7. The van der Waals surface area contributed by atoms with Gasteiger partial charge in [-0.3, -0.25) is 9.47 Å². The van der Waals surface area contributed by atoms with Crippen molar-refractivity contribution in [3.05, 3.63) is 83.8 Å². The third-order valence-corrected chi connectivity index (χ3v) is 9.55. The molecule has 0 aliphatic carbocycles. The highest BCUT2D eigenvalue weighted by Crippen LogP contribution is 2.37. The minimum Gasteiger partial charge on any atom is -0.493 e. The predicted molar refractivity (Wildman–Crippen MR) is 175 cm³/mol. The molecule has 0 saturated carbocycles. The quantitative estimate of drug-likeness (QED) is 0.0834. The van der Waals surface area contributed by atoms with Crippen molar-refractivity contribution in [1.29, 1.82) is 0 Å². The second-order valence-corrected chi connectivity index (χ2v) is 12.4. The summed E-state index contributed by atoms with van der Waals surface area (Å²) in [6.45, 7) is 7.80. The lowest BCUT2D eigenvalue weighted by Crippen LogP contribution is -2.47. The van der Waals surface area contributed by atoms with Gasteiger partial charge in [0.25, 0.3) is 0 Å². The van der Waals surface area contributed by atoms with Crippen molar-refractivity contribution in [1.82, 2.24) is 14.5 Å². The van der Waals surface area contributed by atoms with Gasteiger partial charge in [0.2, 0.25) is 0 Å². The molecule has 0 spiro atoms. The molecule has 12 heteroatoms. The van der Waals surface area contributed by atoms with Crippen molar-refractivity contribution in [2.24, 2.45) is 0 Å². The van der Waals surface area contributed by atoms with Crippen molar-refractivity contribution in [2.45, 2.75) is 24.3 Å². The molecule has 0 N–H and O–H groups in total. The van der Waals surface area contributed by atoms with Crippen molar-refractivity contribution < 1.29 is 31.9 Å². The number of methoxy groups -OCH3 is 2. The zero-order valence-corrected chi connectivity index (χ0v) is 27.7. The Labute approximate surface area is 272 Å². The Bertz CT molecular complexity index is 1610. The van der Waals surface area contributed by atoms with E-state index < -0.39 is 11.6 Å². The molecule has 1 aromatic heterocycles. The topological polar surface area (TPSA) is 52.0 Å². The van der Waals surface area contributed by atoms with E-state index in [1.807, 2.05) is 28.6 Å². The lowest BCUT2D eigenvalue weighted by atomic mass is 10.2. The largest absolute Gasteiger partial charge is 0.493 e. The number of anilines is 2. The number of likely N-dealkylation sites (N-methyl/N-ethyl adjacent to an activating group) is 2. The molecule has 246 valence electrons. The van der Waals surface area contributed by atoms with E-state index in [4.69, 9.17) is 14.2 Å². The first-order valence-corrected chi connectivity index (χ1v) is 16.2. The van der Waals surface area contributed by atoms with Crippen LogP contribution < -0.4 is 19.1 Å². The molecule has 1 aliphatic rings. The number of nitrogens with zero attached hydrogens (tertiary/aromatic N) is 5. The summed E-state index contributed by atoms with van der Waals surface area (Å²) in [6.07, 6.45) is 2.46. The monoisotopic (exact) mass is 656 g/mol. The number of imidazole rings is 1. The van der Waals surface area contributed by atoms with Crippen molar-refractivity contribution in [3.63, 3.8) is 0 Å². The highest BCUT2D eigenvalue weighted by Gasteiger charge is 2.32. The molecule has 1 atom stereocenters. The standard InChI is InChI=1S/C34H41F3N5O3S/c1-6-42(16-14-39(2)23-42)15-7-17-45-27-19-29(36)28(30(37)20-27)22-46-34-38-21-33(41(34)25-10-8-24(35)9-11-25)40(3)26-12-13-31(43-4)32(18-26)44-5/h8-13,18-21H,6-7,14-17,22-23H2,1-5H3/q+1. The average molecular weight is 657 g/mol. The van der Waals surface area contributed by atoms with Crippen LogP contribution in [0.1, 0.15) is 18.9 Å². The molecule has 46 heavy (non-hydrogen) atoms. The van der Waals surface area contributed by atoms with Crippen LogP contribution in [0.15, 0.2) is 66.0 Å². The summed E-state index contributed by atoms with van der Waals surface area (Å²) in [5.74, 6) is 0.222. The van der Waals surface area contributed by atoms with Gasteiger partial charge in [0.05, 0.1) is 53.2 Å². The van der Waals surface area contributed by atoms with Gasteiger partial charge in [-0.15, -0.1) is 0 Å². The molecule has 5 rings (SSSR count). The molecule has 0 radical (unpaired) electrons. The van der Waals surface area contributed by atoms with E-state index in [-0.39, 0.29) is 22.9 Å². The molecule has 8 nitrogen and oxygen atoms in total. The number of rotatable bonds is 14. The number of ether oxygens (including phenoxy) is 3. The first-order chi connectivity index (χ1) is 22.2. The van der Waals surface area contributed by atoms with Crippen LogP contribution in [-0.2, 0) is 5.75 Å². The Morgan fingerprint density at radius 3 is 2.33 bits per heavy atom. The minimum atomic E-state index is -0.678. The zero-order valence-electron chi connectivity index (χ0n) is 26.9. The molecular weight excluding hydrogens is 615 g/mol. The first-order valence-electron chi connectivity index (χ1n) is 15.2. The van der Waals surface area contributed by atoms with E-state index in [9.17, 15) is 4.39 Å². The molecule has 0 amide bonds. The van der Waals surface area contributed by atoms with Crippen LogP contribution in [0.3, 0.4) is 0 Å². The second kappa shape index (κ2) is 14.7. The highest BCUT2D eigenvalue weighted by atomic mass is 32.2. The summed E-state index contributed by atoms with van der Waals surface area (Å²) in [4.78, 5) is 8.81. The number of quaternary nitrogens is 1. The Hall–Kier alpha value is -3.87. The van der Waals surface area contributed by atoms with E-state index in [1.54, 1.807) is 38.6 Å². The lowest BCUT2D eigenvalue weighted by Gasteiger charge is -2.32. The van der Waals surface area contributed by atoms with E-state index in [0.717, 1.165) is 49.4 Å². The Morgan fingerprint density at radius 1 is 0.978 bits per heavy atom. The van der Waals surface area contributed by atoms with Crippen LogP contribution in [0.2, 0.25) is 0 Å². The SMILES string of the molecule is CC[N+]1(CCCOc2cc(F)c(CSc3ncc(N(C)c4ccc(OC)c(OC)c4)n3-c3ccc(F)cc3)c(F)c2)CCN(C)C1. The number of halogens is 3. The molecule has 1 saturated heterocycles. The fraction of sp³-hybridized carbons (Fsp3) is 0.382. The summed E-state index contributed by atoms with van der Waals surface area (Å²) < 4.78 is 63.8. The van der Waals surface area contributed by atoms with E-state index in [1.165, 1.54) is 36.0 Å². The lowest BCUT2D eigenvalue weighted by molar-refractivity contribution is -0.919. The zero-order chi connectivity index (χ0) is 32.8. The maximum Gasteiger partial charge on any atom is 0.174 e. The van der Waals surface area contributed by atoms with Gasteiger partial charge >= 0.3 is 0 Å². The van der Waals surface area contributed by atoms with Crippen molar-refractivity contribution >= 4 is 23.3 Å². The molecule has 2 heterocycles. The molecule has 0 bridgehead atoms. The van der Waals surface area contributed by atoms with Gasteiger partial charge in [0, 0.05) is 54.4 Å².